The molecular weight excluding hydrogens is 338 g/mol. The van der Waals surface area contributed by atoms with E-state index in [0.717, 1.165) is 12.0 Å². The quantitative estimate of drug-likeness (QED) is 0.524. The van der Waals surface area contributed by atoms with Gasteiger partial charge in [-0.1, -0.05) is 31.5 Å². The number of imide groups is 1. The first kappa shape index (κ1) is 19.6. The monoisotopic (exact) mass is 365 g/mol. The predicted octanol–water partition coefficient (Wildman–Crippen LogP) is 2.94. The standard InChI is InChI=1S/C19H27NO4S/c1-4-5-13-25(23,24)14-9-8-12-20-17(21)15-10-6-7-11-16(15)19(2,3)18(20)22/h6-7,10-11H,4-5,8-9,12-14H2,1-3H3. The average Bonchev–Trinajstić information content (AvgIpc) is 2.58. The van der Waals surface area contributed by atoms with Gasteiger partial charge in [-0.3, -0.25) is 14.5 Å². The van der Waals surface area contributed by atoms with Crippen molar-refractivity contribution in [1.82, 2.24) is 4.90 Å². The number of rotatable bonds is 8. The van der Waals surface area contributed by atoms with Gasteiger partial charge in [-0.15, -0.1) is 0 Å². The molecule has 0 unspecified atom stereocenters. The number of amides is 2. The first-order valence-corrected chi connectivity index (χ1v) is 10.7. The van der Waals surface area contributed by atoms with Crippen LogP contribution in [0, 0.1) is 0 Å². The van der Waals surface area contributed by atoms with Crippen molar-refractivity contribution in [1.29, 1.82) is 0 Å². The summed E-state index contributed by atoms with van der Waals surface area (Å²) in [6, 6.07) is 7.19. The normalized spacial score (nSPS) is 16.8. The summed E-state index contributed by atoms with van der Waals surface area (Å²) in [5.74, 6) is -0.173. The molecule has 2 amide bonds. The number of benzene rings is 1. The highest BCUT2D eigenvalue weighted by Crippen LogP contribution is 2.34. The van der Waals surface area contributed by atoms with E-state index in [2.05, 4.69) is 0 Å². The summed E-state index contributed by atoms with van der Waals surface area (Å²) in [6.45, 7) is 5.87. The fraction of sp³-hybridized carbons (Fsp3) is 0.579. The minimum Gasteiger partial charge on any atom is -0.278 e. The number of carbonyl (C=O) groups is 2. The van der Waals surface area contributed by atoms with Gasteiger partial charge in [-0.05, 0) is 44.7 Å². The van der Waals surface area contributed by atoms with Crippen molar-refractivity contribution in [2.75, 3.05) is 18.1 Å². The maximum absolute atomic E-state index is 12.7. The van der Waals surface area contributed by atoms with Crippen molar-refractivity contribution >= 4 is 21.7 Å². The zero-order valence-corrected chi connectivity index (χ0v) is 16.1. The highest BCUT2D eigenvalue weighted by atomic mass is 32.2. The number of hydrogen-bond donors (Lipinski definition) is 0. The van der Waals surface area contributed by atoms with Crippen LogP contribution in [0.2, 0.25) is 0 Å². The van der Waals surface area contributed by atoms with Crippen LogP contribution in [0.25, 0.3) is 0 Å². The Kier molecular flexibility index (Phi) is 6.03. The molecule has 0 fully saturated rings. The van der Waals surface area contributed by atoms with Crippen LogP contribution in [0.4, 0.5) is 0 Å². The fourth-order valence-corrected chi connectivity index (χ4v) is 4.74. The van der Waals surface area contributed by atoms with Gasteiger partial charge >= 0.3 is 0 Å². The van der Waals surface area contributed by atoms with Gasteiger partial charge in [0, 0.05) is 12.1 Å². The Hall–Kier alpha value is -1.69. The first-order chi connectivity index (χ1) is 11.7. The lowest BCUT2D eigenvalue weighted by Crippen LogP contribution is -2.52. The van der Waals surface area contributed by atoms with Gasteiger partial charge in [0.05, 0.1) is 16.9 Å². The second-order valence-corrected chi connectivity index (χ2v) is 9.45. The lowest BCUT2D eigenvalue weighted by molar-refractivity contribution is -0.134. The van der Waals surface area contributed by atoms with E-state index in [1.54, 1.807) is 12.1 Å². The van der Waals surface area contributed by atoms with Gasteiger partial charge in [0.1, 0.15) is 9.84 Å². The Morgan fingerprint density at radius 2 is 1.64 bits per heavy atom. The summed E-state index contributed by atoms with van der Waals surface area (Å²) in [5, 5.41) is 0. The zero-order valence-electron chi connectivity index (χ0n) is 15.2. The largest absolute Gasteiger partial charge is 0.278 e. The molecule has 138 valence electrons. The predicted molar refractivity (Wildman–Crippen MR) is 98.3 cm³/mol. The Bertz CT molecular complexity index is 752. The number of hydrogen-bond acceptors (Lipinski definition) is 4. The van der Waals surface area contributed by atoms with Gasteiger partial charge in [-0.25, -0.2) is 8.42 Å². The highest BCUT2D eigenvalue weighted by Gasteiger charge is 2.43. The fourth-order valence-electron chi connectivity index (χ4n) is 3.17. The van der Waals surface area contributed by atoms with Crippen LogP contribution < -0.4 is 0 Å². The molecule has 0 N–H and O–H groups in total. The maximum atomic E-state index is 12.7. The van der Waals surface area contributed by atoms with Crippen LogP contribution in [0.15, 0.2) is 24.3 Å². The lowest BCUT2D eigenvalue weighted by atomic mass is 9.77. The van der Waals surface area contributed by atoms with Crippen LogP contribution in [0.5, 0.6) is 0 Å². The average molecular weight is 365 g/mol. The van der Waals surface area contributed by atoms with Gasteiger partial charge in [-0.2, -0.15) is 0 Å². The van der Waals surface area contributed by atoms with Crippen molar-refractivity contribution in [3.63, 3.8) is 0 Å². The molecule has 1 aliphatic heterocycles. The number of unbranched alkanes of at least 4 members (excludes halogenated alkanes) is 2. The van der Waals surface area contributed by atoms with E-state index in [9.17, 15) is 18.0 Å². The Morgan fingerprint density at radius 1 is 1.00 bits per heavy atom. The summed E-state index contributed by atoms with van der Waals surface area (Å²) in [5.41, 5.74) is 0.559. The molecule has 1 aliphatic rings. The van der Waals surface area contributed by atoms with Gasteiger partial charge < -0.3 is 0 Å². The summed E-state index contributed by atoms with van der Waals surface area (Å²) < 4.78 is 23.8. The molecule has 0 atom stereocenters. The van der Waals surface area contributed by atoms with Crippen molar-refractivity contribution in [2.45, 2.75) is 51.9 Å². The minimum absolute atomic E-state index is 0.114. The third-order valence-corrected chi connectivity index (χ3v) is 6.57. The summed E-state index contributed by atoms with van der Waals surface area (Å²) in [7, 11) is -3.03. The number of carbonyl (C=O) groups excluding carboxylic acids is 2. The van der Waals surface area contributed by atoms with Crippen molar-refractivity contribution in [2.24, 2.45) is 0 Å². The van der Waals surface area contributed by atoms with Crippen LogP contribution >= 0.6 is 0 Å². The van der Waals surface area contributed by atoms with Gasteiger partial charge in [0.15, 0.2) is 0 Å². The van der Waals surface area contributed by atoms with Crippen LogP contribution in [-0.2, 0) is 20.0 Å². The lowest BCUT2D eigenvalue weighted by Gasteiger charge is -2.37. The molecule has 0 spiro atoms. The number of sulfone groups is 1. The van der Waals surface area contributed by atoms with Crippen LogP contribution in [0.1, 0.15) is 62.4 Å². The van der Waals surface area contributed by atoms with E-state index in [-0.39, 0.29) is 29.9 Å². The van der Waals surface area contributed by atoms with Crippen LogP contribution in [0.3, 0.4) is 0 Å². The number of nitrogens with zero attached hydrogens (tertiary/aromatic N) is 1. The number of fused-ring (bicyclic) bond motifs is 1. The highest BCUT2D eigenvalue weighted by molar-refractivity contribution is 7.91. The molecule has 5 nitrogen and oxygen atoms in total. The minimum atomic E-state index is -3.03. The van der Waals surface area contributed by atoms with E-state index in [0.29, 0.717) is 24.8 Å². The van der Waals surface area contributed by atoms with Crippen molar-refractivity contribution < 1.29 is 18.0 Å². The third kappa shape index (κ3) is 4.29. The Morgan fingerprint density at radius 3 is 2.32 bits per heavy atom. The first-order valence-electron chi connectivity index (χ1n) is 8.87. The Labute approximate surface area is 150 Å². The molecule has 0 bridgehead atoms. The van der Waals surface area contributed by atoms with E-state index in [1.165, 1.54) is 4.90 Å². The van der Waals surface area contributed by atoms with E-state index < -0.39 is 15.3 Å². The second-order valence-electron chi connectivity index (χ2n) is 7.15. The maximum Gasteiger partial charge on any atom is 0.260 e. The molecule has 6 heteroatoms. The zero-order chi connectivity index (χ0) is 18.7. The van der Waals surface area contributed by atoms with Crippen molar-refractivity contribution in [3.05, 3.63) is 35.4 Å². The van der Waals surface area contributed by atoms with Crippen LogP contribution in [-0.4, -0.2) is 43.2 Å². The topological polar surface area (TPSA) is 71.5 Å². The van der Waals surface area contributed by atoms with E-state index in [4.69, 9.17) is 0 Å². The van der Waals surface area contributed by atoms with Crippen molar-refractivity contribution in [3.8, 4) is 0 Å². The molecule has 2 rings (SSSR count). The third-order valence-electron chi connectivity index (χ3n) is 4.75. The molecule has 1 heterocycles. The summed E-state index contributed by atoms with van der Waals surface area (Å²) in [6.07, 6.45) is 2.49. The molecule has 0 aromatic heterocycles. The summed E-state index contributed by atoms with van der Waals surface area (Å²) >= 11 is 0. The Balaban J connectivity index is 2.01. The molecule has 0 radical (unpaired) electrons. The SMILES string of the molecule is CCCCS(=O)(=O)CCCCN1C(=O)c2ccccc2C(C)(C)C1=O. The summed E-state index contributed by atoms with van der Waals surface area (Å²) in [4.78, 5) is 26.7. The molecule has 25 heavy (non-hydrogen) atoms. The molecular formula is C19H27NO4S. The van der Waals surface area contributed by atoms with E-state index >= 15 is 0 Å². The second kappa shape index (κ2) is 7.68. The van der Waals surface area contributed by atoms with Gasteiger partial charge in [0.25, 0.3) is 5.91 Å². The molecule has 0 saturated carbocycles. The molecule has 1 aromatic rings. The smallest absolute Gasteiger partial charge is 0.260 e. The molecule has 0 saturated heterocycles. The van der Waals surface area contributed by atoms with E-state index in [1.807, 2.05) is 32.9 Å². The molecule has 0 aliphatic carbocycles. The van der Waals surface area contributed by atoms with Gasteiger partial charge in [0.2, 0.25) is 5.91 Å². The molecule has 1 aromatic carbocycles.